The van der Waals surface area contributed by atoms with Gasteiger partial charge in [-0.3, -0.25) is 0 Å². The van der Waals surface area contributed by atoms with Gasteiger partial charge in [0.25, 0.3) is 0 Å². The summed E-state index contributed by atoms with van der Waals surface area (Å²) in [6.45, 7) is 9.01. The van der Waals surface area contributed by atoms with E-state index in [-0.39, 0.29) is 11.5 Å². The number of hydrogen-bond donors (Lipinski definition) is 2. The van der Waals surface area contributed by atoms with Gasteiger partial charge in [0.05, 0.1) is 0 Å². The molecule has 1 amide bonds. The van der Waals surface area contributed by atoms with Gasteiger partial charge in [-0.05, 0) is 58.5 Å². The molecule has 0 atom stereocenters. The number of carbonyl (C=O) groups is 1. The maximum absolute atomic E-state index is 11.7. The number of methoxy groups -OCH3 is 1. The molecule has 0 spiro atoms. The van der Waals surface area contributed by atoms with Gasteiger partial charge in [-0.1, -0.05) is 0 Å². The van der Waals surface area contributed by atoms with E-state index in [9.17, 15) is 4.79 Å². The van der Waals surface area contributed by atoms with Gasteiger partial charge in [0.2, 0.25) is 0 Å². The van der Waals surface area contributed by atoms with Crippen molar-refractivity contribution in [2.24, 2.45) is 5.41 Å². The number of carbonyl (C=O) groups excluding carboxylic acids is 1. The normalized spacial score (nSPS) is 18.9. The minimum absolute atomic E-state index is 0.137. The Bertz CT molecular complexity index is 281. The maximum Gasteiger partial charge on any atom is 0.407 e. The molecule has 1 rings (SSSR count). The van der Waals surface area contributed by atoms with Crippen LogP contribution in [0.4, 0.5) is 4.79 Å². The molecule has 0 aliphatic carbocycles. The third-order valence-corrected chi connectivity index (χ3v) is 3.51. The Labute approximate surface area is 116 Å². The predicted octanol–water partition coefficient (Wildman–Crippen LogP) is 1.92. The summed E-state index contributed by atoms with van der Waals surface area (Å²) in [5.41, 5.74) is -0.309. The Kier molecular flexibility index (Phi) is 6.07. The van der Waals surface area contributed by atoms with Gasteiger partial charge in [0, 0.05) is 20.3 Å². The predicted molar refractivity (Wildman–Crippen MR) is 75.3 cm³/mol. The topological polar surface area (TPSA) is 59.6 Å². The molecule has 0 aromatic carbocycles. The quantitative estimate of drug-likeness (QED) is 0.802. The minimum Gasteiger partial charge on any atom is -0.444 e. The average molecular weight is 272 g/mol. The zero-order valence-electron chi connectivity index (χ0n) is 12.7. The first kappa shape index (κ1) is 16.2. The van der Waals surface area contributed by atoms with Crippen molar-refractivity contribution in [3.63, 3.8) is 0 Å². The van der Waals surface area contributed by atoms with Crippen LogP contribution >= 0.6 is 0 Å². The highest BCUT2D eigenvalue weighted by Crippen LogP contribution is 2.32. The molecule has 19 heavy (non-hydrogen) atoms. The summed E-state index contributed by atoms with van der Waals surface area (Å²) in [4.78, 5) is 11.7. The maximum atomic E-state index is 11.7. The number of alkyl carbamates (subject to hydrolysis) is 1. The number of amides is 1. The lowest BCUT2D eigenvalue weighted by atomic mass is 9.76. The Morgan fingerprint density at radius 1 is 1.32 bits per heavy atom. The van der Waals surface area contributed by atoms with Crippen molar-refractivity contribution in [2.75, 3.05) is 33.4 Å². The van der Waals surface area contributed by atoms with E-state index in [1.54, 1.807) is 7.11 Å². The molecule has 1 fully saturated rings. The number of rotatable bonds is 5. The second kappa shape index (κ2) is 7.10. The number of nitrogens with one attached hydrogen (secondary N) is 2. The van der Waals surface area contributed by atoms with E-state index in [1.165, 1.54) is 0 Å². The summed E-state index contributed by atoms with van der Waals surface area (Å²) in [5, 5.41) is 6.27. The second-order valence-electron chi connectivity index (χ2n) is 6.35. The SMILES string of the molecule is COCCC1(CNC(=O)OC(C)(C)C)CCNCC1. The summed E-state index contributed by atoms with van der Waals surface area (Å²) in [6, 6.07) is 0. The van der Waals surface area contributed by atoms with E-state index in [4.69, 9.17) is 9.47 Å². The lowest BCUT2D eigenvalue weighted by molar-refractivity contribution is 0.0457. The van der Waals surface area contributed by atoms with Crippen LogP contribution in [-0.4, -0.2) is 45.0 Å². The van der Waals surface area contributed by atoms with Crippen LogP contribution in [0.2, 0.25) is 0 Å². The first-order valence-electron chi connectivity index (χ1n) is 7.03. The van der Waals surface area contributed by atoms with E-state index < -0.39 is 5.60 Å². The summed E-state index contributed by atoms with van der Waals surface area (Å²) in [7, 11) is 1.72. The van der Waals surface area contributed by atoms with E-state index in [0.717, 1.165) is 39.0 Å². The molecule has 0 saturated carbocycles. The van der Waals surface area contributed by atoms with Crippen molar-refractivity contribution in [3.05, 3.63) is 0 Å². The molecule has 5 nitrogen and oxygen atoms in total. The molecule has 1 aliphatic heterocycles. The standard InChI is InChI=1S/C14H28N2O3/c1-13(2,3)19-12(17)16-11-14(7-10-18-4)5-8-15-9-6-14/h15H,5-11H2,1-4H3,(H,16,17). The van der Waals surface area contributed by atoms with E-state index in [1.807, 2.05) is 20.8 Å². The van der Waals surface area contributed by atoms with Crippen LogP contribution in [0, 0.1) is 5.41 Å². The van der Waals surface area contributed by atoms with Crippen LogP contribution in [0.25, 0.3) is 0 Å². The van der Waals surface area contributed by atoms with Gasteiger partial charge in [-0.2, -0.15) is 0 Å². The Morgan fingerprint density at radius 2 is 1.95 bits per heavy atom. The van der Waals surface area contributed by atoms with Gasteiger partial charge < -0.3 is 20.1 Å². The van der Waals surface area contributed by atoms with Crippen LogP contribution in [0.15, 0.2) is 0 Å². The molecule has 1 aliphatic rings. The van der Waals surface area contributed by atoms with Gasteiger partial charge in [0.15, 0.2) is 0 Å². The van der Waals surface area contributed by atoms with Crippen molar-refractivity contribution < 1.29 is 14.3 Å². The molecule has 0 aromatic rings. The van der Waals surface area contributed by atoms with Crippen molar-refractivity contribution in [3.8, 4) is 0 Å². The lowest BCUT2D eigenvalue weighted by Gasteiger charge is -2.37. The summed E-state index contributed by atoms with van der Waals surface area (Å²) in [5.74, 6) is 0. The number of ether oxygens (including phenoxy) is 2. The molecule has 1 heterocycles. The molecular formula is C14H28N2O3. The molecular weight excluding hydrogens is 244 g/mol. The van der Waals surface area contributed by atoms with Crippen LogP contribution in [-0.2, 0) is 9.47 Å². The third kappa shape index (κ3) is 6.25. The van der Waals surface area contributed by atoms with Crippen molar-refractivity contribution >= 4 is 6.09 Å². The van der Waals surface area contributed by atoms with E-state index in [0.29, 0.717) is 6.54 Å². The second-order valence-corrected chi connectivity index (χ2v) is 6.35. The van der Waals surface area contributed by atoms with Crippen LogP contribution in [0.5, 0.6) is 0 Å². The smallest absolute Gasteiger partial charge is 0.407 e. The Morgan fingerprint density at radius 3 is 2.47 bits per heavy atom. The summed E-state index contributed by atoms with van der Waals surface area (Å²) >= 11 is 0. The number of piperidine rings is 1. The molecule has 112 valence electrons. The highest BCUT2D eigenvalue weighted by atomic mass is 16.6. The van der Waals surface area contributed by atoms with E-state index in [2.05, 4.69) is 10.6 Å². The van der Waals surface area contributed by atoms with Gasteiger partial charge in [-0.15, -0.1) is 0 Å². The fourth-order valence-electron chi connectivity index (χ4n) is 2.36. The van der Waals surface area contributed by atoms with Crippen LogP contribution in [0.1, 0.15) is 40.0 Å². The third-order valence-electron chi connectivity index (χ3n) is 3.51. The molecule has 1 saturated heterocycles. The van der Waals surface area contributed by atoms with E-state index >= 15 is 0 Å². The Hall–Kier alpha value is -0.810. The fourth-order valence-corrected chi connectivity index (χ4v) is 2.36. The van der Waals surface area contributed by atoms with Crippen molar-refractivity contribution in [1.82, 2.24) is 10.6 Å². The highest BCUT2D eigenvalue weighted by Gasteiger charge is 2.32. The molecule has 0 radical (unpaired) electrons. The largest absolute Gasteiger partial charge is 0.444 e. The van der Waals surface area contributed by atoms with Gasteiger partial charge in [-0.25, -0.2) is 4.79 Å². The molecule has 0 aromatic heterocycles. The fraction of sp³-hybridized carbons (Fsp3) is 0.929. The first-order chi connectivity index (χ1) is 8.87. The Balaban J connectivity index is 2.46. The monoisotopic (exact) mass is 272 g/mol. The van der Waals surface area contributed by atoms with Gasteiger partial charge >= 0.3 is 6.09 Å². The minimum atomic E-state index is -0.447. The molecule has 0 bridgehead atoms. The van der Waals surface area contributed by atoms with Crippen molar-refractivity contribution in [2.45, 2.75) is 45.6 Å². The number of hydrogen-bond acceptors (Lipinski definition) is 4. The van der Waals surface area contributed by atoms with Gasteiger partial charge in [0.1, 0.15) is 5.60 Å². The van der Waals surface area contributed by atoms with Crippen LogP contribution in [0.3, 0.4) is 0 Å². The molecule has 5 heteroatoms. The molecule has 2 N–H and O–H groups in total. The molecule has 0 unspecified atom stereocenters. The zero-order valence-corrected chi connectivity index (χ0v) is 12.7. The lowest BCUT2D eigenvalue weighted by Crippen LogP contribution is -2.46. The summed E-state index contributed by atoms with van der Waals surface area (Å²) < 4.78 is 10.5. The highest BCUT2D eigenvalue weighted by molar-refractivity contribution is 5.67. The zero-order chi connectivity index (χ0) is 14.4. The average Bonchev–Trinajstić information content (AvgIpc) is 2.33. The van der Waals surface area contributed by atoms with Crippen molar-refractivity contribution in [1.29, 1.82) is 0 Å². The first-order valence-corrected chi connectivity index (χ1v) is 7.03. The summed E-state index contributed by atoms with van der Waals surface area (Å²) in [6.07, 6.45) is 2.77. The van der Waals surface area contributed by atoms with Crippen LogP contribution < -0.4 is 10.6 Å².